The van der Waals surface area contributed by atoms with Crippen LogP contribution in [0.25, 0.3) is 0 Å². The number of ether oxygens (including phenoxy) is 1. The van der Waals surface area contributed by atoms with E-state index in [-0.39, 0.29) is 17.3 Å². The highest BCUT2D eigenvalue weighted by Crippen LogP contribution is 2.27. The van der Waals surface area contributed by atoms with Gasteiger partial charge in [-0.05, 0) is 82.6 Å². The van der Waals surface area contributed by atoms with E-state index >= 15 is 0 Å². The molecular weight excluding hydrogens is 594 g/mol. The zero-order valence-electron chi connectivity index (χ0n) is 23.6. The average molecular weight is 631 g/mol. The Morgan fingerprint density at radius 3 is 2.17 bits per heavy atom. The number of carbonyl (C=O) groups is 2. The Morgan fingerprint density at radius 2 is 1.62 bits per heavy atom. The molecule has 2 amide bonds. The molecule has 3 aromatic rings. The van der Waals surface area contributed by atoms with Gasteiger partial charge in [-0.1, -0.05) is 51.8 Å². The second kappa shape index (κ2) is 12.9. The summed E-state index contributed by atoms with van der Waals surface area (Å²) < 4.78 is 34.7. The van der Waals surface area contributed by atoms with Crippen LogP contribution in [0, 0.1) is 6.92 Å². The third-order valence-electron chi connectivity index (χ3n) is 6.16. The Hall–Kier alpha value is -3.37. The minimum atomic E-state index is -4.12. The maximum atomic E-state index is 14.0. The van der Waals surface area contributed by atoms with Crippen LogP contribution in [0.2, 0.25) is 0 Å². The van der Waals surface area contributed by atoms with Crippen molar-refractivity contribution in [2.75, 3.05) is 18.0 Å². The molecule has 214 valence electrons. The number of rotatable bonds is 10. The van der Waals surface area contributed by atoms with Crippen molar-refractivity contribution >= 4 is 43.5 Å². The molecule has 40 heavy (non-hydrogen) atoms. The fraction of sp³-hybridized carbons (Fsp3) is 0.333. The third-order valence-corrected chi connectivity index (χ3v) is 8.44. The number of carbonyl (C=O) groups excluding carboxylic acids is 2. The minimum absolute atomic E-state index is 0.0612. The summed E-state index contributed by atoms with van der Waals surface area (Å²) in [7, 11) is -2.56. The lowest BCUT2D eigenvalue weighted by atomic mass is 10.1. The van der Waals surface area contributed by atoms with Crippen molar-refractivity contribution in [3.8, 4) is 5.75 Å². The van der Waals surface area contributed by atoms with E-state index in [1.165, 1.54) is 17.0 Å². The van der Waals surface area contributed by atoms with Gasteiger partial charge in [0.1, 0.15) is 18.3 Å². The maximum absolute atomic E-state index is 14.0. The predicted molar refractivity (Wildman–Crippen MR) is 161 cm³/mol. The summed E-state index contributed by atoms with van der Waals surface area (Å²) in [5.41, 5.74) is 1.48. The van der Waals surface area contributed by atoms with Gasteiger partial charge in [-0.2, -0.15) is 0 Å². The van der Waals surface area contributed by atoms with Crippen LogP contribution in [0.5, 0.6) is 5.75 Å². The number of methoxy groups -OCH3 is 1. The summed E-state index contributed by atoms with van der Waals surface area (Å²) in [6.45, 7) is 8.67. The summed E-state index contributed by atoms with van der Waals surface area (Å²) in [4.78, 5) is 28.6. The number of sulfonamides is 1. The molecule has 1 unspecified atom stereocenters. The number of hydrogen-bond donors (Lipinski definition) is 1. The molecule has 0 aliphatic heterocycles. The molecule has 0 radical (unpaired) electrons. The van der Waals surface area contributed by atoms with Gasteiger partial charge >= 0.3 is 0 Å². The van der Waals surface area contributed by atoms with Gasteiger partial charge < -0.3 is 15.0 Å². The van der Waals surface area contributed by atoms with Crippen LogP contribution >= 0.6 is 15.9 Å². The first-order valence-corrected chi connectivity index (χ1v) is 15.0. The largest absolute Gasteiger partial charge is 0.497 e. The van der Waals surface area contributed by atoms with E-state index in [4.69, 9.17) is 4.74 Å². The average Bonchev–Trinajstić information content (AvgIpc) is 2.89. The van der Waals surface area contributed by atoms with Gasteiger partial charge in [-0.25, -0.2) is 8.42 Å². The summed E-state index contributed by atoms with van der Waals surface area (Å²) in [6, 6.07) is 19.5. The van der Waals surface area contributed by atoms with Crippen LogP contribution in [0.1, 0.15) is 38.8 Å². The van der Waals surface area contributed by atoms with E-state index in [0.29, 0.717) is 15.9 Å². The number of anilines is 1. The number of halogens is 1. The molecule has 0 bridgehead atoms. The summed E-state index contributed by atoms with van der Waals surface area (Å²) >= 11 is 3.40. The van der Waals surface area contributed by atoms with Gasteiger partial charge in [-0.15, -0.1) is 0 Å². The predicted octanol–water partition coefficient (Wildman–Crippen LogP) is 5.29. The normalized spacial score (nSPS) is 12.4. The maximum Gasteiger partial charge on any atom is 0.264 e. The molecule has 0 aliphatic rings. The molecule has 0 fully saturated rings. The Morgan fingerprint density at radius 1 is 1.00 bits per heavy atom. The van der Waals surface area contributed by atoms with Gasteiger partial charge in [0.05, 0.1) is 17.7 Å². The third kappa shape index (κ3) is 8.08. The first kappa shape index (κ1) is 31.2. The highest BCUT2D eigenvalue weighted by atomic mass is 79.9. The molecule has 1 N–H and O–H groups in total. The van der Waals surface area contributed by atoms with E-state index in [1.807, 2.05) is 39.8 Å². The second-order valence-electron chi connectivity index (χ2n) is 10.6. The van der Waals surface area contributed by atoms with Crippen molar-refractivity contribution < 1.29 is 22.7 Å². The number of nitrogens with zero attached hydrogens (tertiary/aromatic N) is 2. The Kier molecular flexibility index (Phi) is 10.0. The quantitative estimate of drug-likeness (QED) is 0.329. The highest BCUT2D eigenvalue weighted by Gasteiger charge is 2.33. The van der Waals surface area contributed by atoms with E-state index in [0.717, 1.165) is 15.4 Å². The number of benzene rings is 3. The van der Waals surface area contributed by atoms with Gasteiger partial charge in [-0.3, -0.25) is 13.9 Å². The van der Waals surface area contributed by atoms with Crippen molar-refractivity contribution in [3.05, 3.63) is 88.4 Å². The molecule has 0 saturated heterocycles. The molecule has 10 heteroatoms. The van der Waals surface area contributed by atoms with Crippen molar-refractivity contribution in [1.29, 1.82) is 0 Å². The van der Waals surface area contributed by atoms with E-state index < -0.39 is 34.1 Å². The van der Waals surface area contributed by atoms with Crippen molar-refractivity contribution in [3.63, 3.8) is 0 Å². The van der Waals surface area contributed by atoms with Crippen LogP contribution in [-0.4, -0.2) is 50.4 Å². The van der Waals surface area contributed by atoms with Gasteiger partial charge in [0.25, 0.3) is 10.0 Å². The van der Waals surface area contributed by atoms with Gasteiger partial charge in [0, 0.05) is 16.6 Å². The Labute approximate surface area is 245 Å². The molecule has 0 aromatic heterocycles. The summed E-state index contributed by atoms with van der Waals surface area (Å²) in [6.07, 6.45) is 0. The highest BCUT2D eigenvalue weighted by molar-refractivity contribution is 9.10. The molecule has 1 atom stereocenters. The van der Waals surface area contributed by atoms with Crippen LogP contribution in [0.3, 0.4) is 0 Å². The number of nitrogens with one attached hydrogen (secondary N) is 1. The zero-order chi connectivity index (χ0) is 29.7. The first-order valence-electron chi connectivity index (χ1n) is 12.8. The molecule has 3 aromatic carbocycles. The fourth-order valence-electron chi connectivity index (χ4n) is 3.98. The second-order valence-corrected chi connectivity index (χ2v) is 13.4. The van der Waals surface area contributed by atoms with Crippen LogP contribution in [-0.2, 0) is 26.2 Å². The zero-order valence-corrected chi connectivity index (χ0v) is 26.0. The summed E-state index contributed by atoms with van der Waals surface area (Å²) in [5.74, 6) is -0.210. The molecule has 0 saturated carbocycles. The smallest absolute Gasteiger partial charge is 0.264 e. The van der Waals surface area contributed by atoms with Crippen LogP contribution < -0.4 is 14.4 Å². The molecule has 3 rings (SSSR count). The van der Waals surface area contributed by atoms with E-state index in [1.54, 1.807) is 62.6 Å². The SMILES string of the molecule is COc1ccc(CN(C(=O)CN(c2cccc(Br)c2)S(=O)(=O)c2ccc(C)cc2)C(C)C(=O)NC(C)(C)C)cc1. The lowest BCUT2D eigenvalue weighted by Gasteiger charge is -2.33. The van der Waals surface area contributed by atoms with Crippen LogP contribution in [0.4, 0.5) is 5.69 Å². The molecule has 0 spiro atoms. The fourth-order valence-corrected chi connectivity index (χ4v) is 5.77. The summed E-state index contributed by atoms with van der Waals surface area (Å²) in [5, 5.41) is 2.92. The van der Waals surface area contributed by atoms with E-state index in [2.05, 4.69) is 21.2 Å². The van der Waals surface area contributed by atoms with E-state index in [9.17, 15) is 18.0 Å². The first-order chi connectivity index (χ1) is 18.7. The molecular formula is C30H36BrN3O5S. The standard InChI is InChI=1S/C30H36BrN3O5S/c1-21-10-16-27(17-11-21)40(37,38)34(25-9-7-8-24(31)18-25)20-28(35)33(22(2)29(36)32-30(3,4)5)19-23-12-14-26(39-6)15-13-23/h7-18,22H,19-20H2,1-6H3,(H,32,36). The van der Waals surface area contributed by atoms with Crippen molar-refractivity contribution in [2.45, 2.75) is 57.6 Å². The number of aryl methyl sites for hydroxylation is 1. The van der Waals surface area contributed by atoms with Gasteiger partial charge in [0.15, 0.2) is 0 Å². The molecule has 0 heterocycles. The lowest BCUT2D eigenvalue weighted by molar-refractivity contribution is -0.140. The Bertz CT molecular complexity index is 1440. The topological polar surface area (TPSA) is 96.0 Å². The van der Waals surface area contributed by atoms with Crippen LogP contribution in [0.15, 0.2) is 82.2 Å². The number of hydrogen-bond acceptors (Lipinski definition) is 5. The number of amides is 2. The van der Waals surface area contributed by atoms with Gasteiger partial charge in [0.2, 0.25) is 11.8 Å². The van der Waals surface area contributed by atoms with Crippen molar-refractivity contribution in [1.82, 2.24) is 10.2 Å². The Balaban J connectivity index is 2.03. The monoisotopic (exact) mass is 629 g/mol. The minimum Gasteiger partial charge on any atom is -0.497 e. The lowest BCUT2D eigenvalue weighted by Crippen LogP contribution is -2.54. The molecule has 0 aliphatic carbocycles. The van der Waals surface area contributed by atoms with Crippen molar-refractivity contribution in [2.24, 2.45) is 0 Å². The molecule has 8 nitrogen and oxygen atoms in total.